The number of hydrogen-bond donors (Lipinski definition) is 2. The van der Waals surface area contributed by atoms with E-state index in [0.29, 0.717) is 29.6 Å². The number of nitrogens with zero attached hydrogens (tertiary/aromatic N) is 3. The Bertz CT molecular complexity index is 773. The standard InChI is InChI=1S/C17H23N5O3/c1-4-5-6-10-25-15-13(8-7-9-14(15)24-3)11-18-21-16-12(2)20-22-17(23)19-16/h7-9,11H,4-6,10H2,1-3H3,(H2,19,21,22,23)/b18-11+. The molecule has 1 aromatic carbocycles. The molecule has 1 aromatic heterocycles. The molecule has 0 unspecified atom stereocenters. The van der Waals surface area contributed by atoms with Gasteiger partial charge in [-0.3, -0.25) is 5.43 Å². The van der Waals surface area contributed by atoms with Gasteiger partial charge in [-0.15, -0.1) is 0 Å². The van der Waals surface area contributed by atoms with Crippen LogP contribution in [-0.4, -0.2) is 35.1 Å². The molecule has 0 aliphatic carbocycles. The number of ether oxygens (including phenoxy) is 2. The Kier molecular flexibility index (Phi) is 6.94. The van der Waals surface area contributed by atoms with Gasteiger partial charge in [0.15, 0.2) is 17.3 Å². The van der Waals surface area contributed by atoms with Crippen LogP contribution < -0.4 is 20.6 Å². The molecule has 0 fully saturated rings. The molecule has 0 radical (unpaired) electrons. The van der Waals surface area contributed by atoms with Crippen LogP contribution in [0.5, 0.6) is 11.5 Å². The van der Waals surface area contributed by atoms with E-state index < -0.39 is 5.69 Å². The Balaban J connectivity index is 2.14. The number of aromatic nitrogens is 3. The van der Waals surface area contributed by atoms with E-state index in [1.165, 1.54) is 0 Å². The number of rotatable bonds is 9. The Labute approximate surface area is 146 Å². The molecule has 0 atom stereocenters. The summed E-state index contributed by atoms with van der Waals surface area (Å²) < 4.78 is 11.2. The fourth-order valence-electron chi connectivity index (χ4n) is 2.14. The predicted molar refractivity (Wildman–Crippen MR) is 96.6 cm³/mol. The van der Waals surface area contributed by atoms with Gasteiger partial charge in [0, 0.05) is 5.56 Å². The summed E-state index contributed by atoms with van der Waals surface area (Å²) in [4.78, 5) is 15.0. The van der Waals surface area contributed by atoms with E-state index in [-0.39, 0.29) is 0 Å². The van der Waals surface area contributed by atoms with Crippen LogP contribution in [0.3, 0.4) is 0 Å². The van der Waals surface area contributed by atoms with Crippen LogP contribution in [0.15, 0.2) is 28.1 Å². The second-order valence-corrected chi connectivity index (χ2v) is 5.38. The molecular weight excluding hydrogens is 322 g/mol. The molecule has 0 aliphatic rings. The van der Waals surface area contributed by atoms with Crippen molar-refractivity contribution in [2.45, 2.75) is 33.1 Å². The molecule has 8 heteroatoms. The maximum Gasteiger partial charge on any atom is 0.363 e. The van der Waals surface area contributed by atoms with E-state index in [1.807, 2.05) is 18.2 Å². The third kappa shape index (κ3) is 5.30. The lowest BCUT2D eigenvalue weighted by Crippen LogP contribution is -2.15. The smallest absolute Gasteiger partial charge is 0.363 e. The monoisotopic (exact) mass is 345 g/mol. The van der Waals surface area contributed by atoms with Gasteiger partial charge in [-0.1, -0.05) is 25.8 Å². The van der Waals surface area contributed by atoms with Gasteiger partial charge >= 0.3 is 5.69 Å². The lowest BCUT2D eigenvalue weighted by atomic mass is 10.2. The normalized spacial score (nSPS) is 10.8. The maximum absolute atomic E-state index is 11.2. The number of nitrogens with one attached hydrogen (secondary N) is 2. The number of methoxy groups -OCH3 is 1. The lowest BCUT2D eigenvalue weighted by molar-refractivity contribution is 0.285. The summed E-state index contributed by atoms with van der Waals surface area (Å²) in [5.74, 6) is 1.58. The Hall–Kier alpha value is -2.90. The van der Waals surface area contributed by atoms with Crippen LogP contribution in [0.1, 0.15) is 37.4 Å². The first-order valence-corrected chi connectivity index (χ1v) is 8.18. The van der Waals surface area contributed by atoms with Crippen molar-refractivity contribution in [2.24, 2.45) is 5.10 Å². The molecule has 0 aliphatic heterocycles. The van der Waals surface area contributed by atoms with Crippen LogP contribution in [0.2, 0.25) is 0 Å². The van der Waals surface area contributed by atoms with Crippen LogP contribution in [0, 0.1) is 6.92 Å². The van der Waals surface area contributed by atoms with Gasteiger partial charge in [0.25, 0.3) is 0 Å². The van der Waals surface area contributed by atoms with Crippen LogP contribution >= 0.6 is 0 Å². The van der Waals surface area contributed by atoms with Gasteiger partial charge in [-0.25, -0.2) is 9.89 Å². The molecule has 8 nitrogen and oxygen atoms in total. The Morgan fingerprint density at radius 1 is 1.36 bits per heavy atom. The summed E-state index contributed by atoms with van der Waals surface area (Å²) in [7, 11) is 1.60. The van der Waals surface area contributed by atoms with Gasteiger partial charge in [-0.2, -0.15) is 15.2 Å². The number of anilines is 1. The Morgan fingerprint density at radius 3 is 2.96 bits per heavy atom. The van der Waals surface area contributed by atoms with Gasteiger partial charge in [0.1, 0.15) is 5.69 Å². The maximum atomic E-state index is 11.2. The number of hydrazone groups is 1. The topological polar surface area (TPSA) is 101 Å². The van der Waals surface area contributed by atoms with Crippen molar-refractivity contribution >= 4 is 12.0 Å². The largest absolute Gasteiger partial charge is 0.493 e. The van der Waals surface area contributed by atoms with Crippen molar-refractivity contribution in [1.82, 2.24) is 15.2 Å². The summed E-state index contributed by atoms with van der Waals surface area (Å²) in [6.45, 7) is 4.47. The molecule has 0 saturated heterocycles. The van der Waals surface area contributed by atoms with Gasteiger partial charge in [0.2, 0.25) is 0 Å². The molecule has 25 heavy (non-hydrogen) atoms. The molecule has 0 saturated carbocycles. The zero-order chi connectivity index (χ0) is 18.1. The average molecular weight is 345 g/mol. The highest BCUT2D eigenvalue weighted by molar-refractivity contribution is 5.85. The highest BCUT2D eigenvalue weighted by Gasteiger charge is 2.09. The zero-order valence-electron chi connectivity index (χ0n) is 14.7. The van der Waals surface area contributed by atoms with Crippen LogP contribution in [0.4, 0.5) is 5.82 Å². The Morgan fingerprint density at radius 2 is 2.20 bits per heavy atom. The summed E-state index contributed by atoms with van der Waals surface area (Å²) in [5.41, 5.74) is 3.49. The van der Waals surface area contributed by atoms with Crippen molar-refractivity contribution in [3.63, 3.8) is 0 Å². The van der Waals surface area contributed by atoms with Crippen LogP contribution in [-0.2, 0) is 0 Å². The molecule has 1 heterocycles. The third-order valence-corrected chi connectivity index (χ3v) is 3.47. The van der Waals surface area contributed by atoms with E-state index in [9.17, 15) is 4.79 Å². The number of hydrogen-bond acceptors (Lipinski definition) is 7. The molecule has 2 N–H and O–H groups in total. The molecule has 0 bridgehead atoms. The quantitative estimate of drug-likeness (QED) is 0.411. The van der Waals surface area contributed by atoms with E-state index in [0.717, 1.165) is 24.8 Å². The van der Waals surface area contributed by atoms with Crippen molar-refractivity contribution in [3.05, 3.63) is 39.9 Å². The van der Waals surface area contributed by atoms with E-state index >= 15 is 0 Å². The van der Waals surface area contributed by atoms with Gasteiger partial charge < -0.3 is 9.47 Å². The first-order chi connectivity index (χ1) is 12.2. The number of benzene rings is 1. The summed E-state index contributed by atoms with van der Waals surface area (Å²) in [6, 6.07) is 5.57. The minimum Gasteiger partial charge on any atom is -0.493 e. The second-order valence-electron chi connectivity index (χ2n) is 5.38. The molecule has 2 aromatic rings. The number of H-pyrrole nitrogens is 1. The molecule has 0 amide bonds. The van der Waals surface area contributed by atoms with Crippen LogP contribution in [0.25, 0.3) is 0 Å². The van der Waals surface area contributed by atoms with Crippen molar-refractivity contribution in [2.75, 3.05) is 19.1 Å². The third-order valence-electron chi connectivity index (χ3n) is 3.47. The van der Waals surface area contributed by atoms with E-state index in [1.54, 1.807) is 20.2 Å². The molecule has 134 valence electrons. The first-order valence-electron chi connectivity index (χ1n) is 8.18. The average Bonchev–Trinajstić information content (AvgIpc) is 2.62. The van der Waals surface area contributed by atoms with Crippen molar-refractivity contribution < 1.29 is 9.47 Å². The number of unbranched alkanes of at least 4 members (excludes halogenated alkanes) is 2. The highest BCUT2D eigenvalue weighted by Crippen LogP contribution is 2.30. The zero-order valence-corrected chi connectivity index (χ0v) is 14.7. The lowest BCUT2D eigenvalue weighted by Gasteiger charge is -2.13. The summed E-state index contributed by atoms with van der Waals surface area (Å²) in [5, 5.41) is 10.2. The molecule has 0 spiro atoms. The SMILES string of the molecule is CCCCCOc1c(/C=N/Nc2nc(=O)[nH]nc2C)cccc1OC. The fourth-order valence-corrected chi connectivity index (χ4v) is 2.14. The summed E-state index contributed by atoms with van der Waals surface area (Å²) in [6.07, 6.45) is 4.82. The number of aromatic amines is 1. The summed E-state index contributed by atoms with van der Waals surface area (Å²) >= 11 is 0. The minimum absolute atomic E-state index is 0.299. The van der Waals surface area contributed by atoms with E-state index in [2.05, 4.69) is 32.6 Å². The minimum atomic E-state index is -0.537. The highest BCUT2D eigenvalue weighted by atomic mass is 16.5. The van der Waals surface area contributed by atoms with E-state index in [4.69, 9.17) is 9.47 Å². The predicted octanol–water partition coefficient (Wildman–Crippen LogP) is 2.50. The second kappa shape index (κ2) is 9.41. The molecule has 2 rings (SSSR count). The number of para-hydroxylation sites is 1. The first kappa shape index (κ1) is 18.4. The van der Waals surface area contributed by atoms with Gasteiger partial charge in [-0.05, 0) is 25.5 Å². The molecular formula is C17H23N5O3. The van der Waals surface area contributed by atoms with Crippen molar-refractivity contribution in [1.29, 1.82) is 0 Å². The number of aryl methyl sites for hydroxylation is 1. The fraction of sp³-hybridized carbons (Fsp3) is 0.412. The van der Waals surface area contributed by atoms with Gasteiger partial charge in [0.05, 0.1) is 19.9 Å². The van der Waals surface area contributed by atoms with Crippen molar-refractivity contribution in [3.8, 4) is 11.5 Å².